The zero-order chi connectivity index (χ0) is 19.6. The Morgan fingerprint density at radius 1 is 1.19 bits per heavy atom. The third kappa shape index (κ3) is 6.25. The Kier molecular flexibility index (Phi) is 8.07. The number of guanidine groups is 1. The number of nitrogens with one attached hydrogen (secondary N) is 2. The van der Waals surface area contributed by atoms with Crippen LogP contribution in [0.5, 0.6) is 0 Å². The summed E-state index contributed by atoms with van der Waals surface area (Å²) in [6.45, 7) is 6.96. The average Bonchev–Trinajstić information content (AvgIpc) is 2.68. The molecule has 0 unspecified atom stereocenters. The van der Waals surface area contributed by atoms with Gasteiger partial charge in [0.25, 0.3) is 0 Å². The van der Waals surface area contributed by atoms with Gasteiger partial charge in [0.05, 0.1) is 6.61 Å². The molecule has 0 bridgehead atoms. The van der Waals surface area contributed by atoms with E-state index in [9.17, 15) is 4.39 Å². The Morgan fingerprint density at radius 2 is 2.00 bits per heavy atom. The summed E-state index contributed by atoms with van der Waals surface area (Å²) < 4.78 is 13.5. The van der Waals surface area contributed by atoms with Gasteiger partial charge in [0.2, 0.25) is 0 Å². The van der Waals surface area contributed by atoms with Crippen molar-refractivity contribution in [2.45, 2.75) is 27.0 Å². The van der Waals surface area contributed by atoms with E-state index >= 15 is 0 Å². The Morgan fingerprint density at radius 3 is 2.67 bits per heavy atom. The molecule has 146 valence electrons. The first-order chi connectivity index (χ1) is 13.1. The van der Waals surface area contributed by atoms with Crippen LogP contribution in [0.4, 0.5) is 10.1 Å². The van der Waals surface area contributed by atoms with E-state index in [1.54, 1.807) is 19.2 Å². The van der Waals surface area contributed by atoms with Crippen LogP contribution in [0.1, 0.15) is 23.6 Å². The van der Waals surface area contributed by atoms with Gasteiger partial charge in [-0.25, -0.2) is 4.39 Å². The zero-order valence-electron chi connectivity index (χ0n) is 16.3. The number of hydrogen-bond donors (Lipinski definition) is 3. The molecule has 2 rings (SSSR count). The van der Waals surface area contributed by atoms with Crippen molar-refractivity contribution in [2.75, 3.05) is 31.6 Å². The molecule has 0 aliphatic rings. The second-order valence-electron chi connectivity index (χ2n) is 6.36. The molecular weight excluding hydrogens is 343 g/mol. The molecule has 3 N–H and O–H groups in total. The van der Waals surface area contributed by atoms with E-state index < -0.39 is 0 Å². The van der Waals surface area contributed by atoms with Crippen molar-refractivity contribution in [1.82, 2.24) is 10.6 Å². The van der Waals surface area contributed by atoms with Crippen LogP contribution in [0, 0.1) is 12.7 Å². The molecule has 0 aliphatic heterocycles. The van der Waals surface area contributed by atoms with Crippen LogP contribution >= 0.6 is 0 Å². The number of halogens is 1. The number of benzene rings is 2. The highest BCUT2D eigenvalue weighted by atomic mass is 19.1. The maximum Gasteiger partial charge on any atom is 0.191 e. The molecular formula is C21H29FN4O. The van der Waals surface area contributed by atoms with E-state index in [0.29, 0.717) is 18.1 Å². The molecule has 0 saturated heterocycles. The number of anilines is 1. The molecule has 6 heteroatoms. The quantitative estimate of drug-likeness (QED) is 0.493. The molecule has 0 fully saturated rings. The number of aliphatic imine (C=N–C) groups is 1. The highest BCUT2D eigenvalue weighted by Crippen LogP contribution is 2.15. The Bertz CT molecular complexity index is 764. The number of hydrogen-bond acceptors (Lipinski definition) is 3. The SMILES string of the molecule is CCN(CCNC(=NC)NCc1ccc(F)c(CO)c1)c1cccc(C)c1. The van der Waals surface area contributed by atoms with Crippen LogP contribution in [0.15, 0.2) is 47.5 Å². The Labute approximate surface area is 160 Å². The fourth-order valence-electron chi connectivity index (χ4n) is 2.87. The van der Waals surface area contributed by atoms with E-state index in [-0.39, 0.29) is 12.4 Å². The first kappa shape index (κ1) is 20.7. The van der Waals surface area contributed by atoms with Gasteiger partial charge >= 0.3 is 0 Å². The van der Waals surface area contributed by atoms with Gasteiger partial charge in [0.15, 0.2) is 5.96 Å². The smallest absolute Gasteiger partial charge is 0.191 e. The van der Waals surface area contributed by atoms with E-state index in [1.807, 2.05) is 0 Å². The fraction of sp³-hybridized carbons (Fsp3) is 0.381. The summed E-state index contributed by atoms with van der Waals surface area (Å²) in [5.74, 6) is 0.296. The monoisotopic (exact) mass is 372 g/mol. The Balaban J connectivity index is 1.84. The lowest BCUT2D eigenvalue weighted by Gasteiger charge is -2.24. The van der Waals surface area contributed by atoms with Crippen LogP contribution in [-0.2, 0) is 13.2 Å². The molecule has 2 aromatic rings. The molecule has 0 aliphatic carbocycles. The topological polar surface area (TPSA) is 59.9 Å². The third-order valence-electron chi connectivity index (χ3n) is 4.39. The number of nitrogens with zero attached hydrogens (tertiary/aromatic N) is 2. The van der Waals surface area contributed by atoms with Gasteiger partial charge in [-0.15, -0.1) is 0 Å². The maximum absolute atomic E-state index is 13.5. The van der Waals surface area contributed by atoms with Crippen molar-refractivity contribution in [3.8, 4) is 0 Å². The van der Waals surface area contributed by atoms with Gasteiger partial charge in [-0.2, -0.15) is 0 Å². The first-order valence-corrected chi connectivity index (χ1v) is 9.21. The van der Waals surface area contributed by atoms with Crippen LogP contribution in [0.25, 0.3) is 0 Å². The van der Waals surface area contributed by atoms with Gasteiger partial charge in [-0.1, -0.05) is 18.2 Å². The number of aliphatic hydroxyl groups is 1. The van der Waals surface area contributed by atoms with Crippen LogP contribution < -0.4 is 15.5 Å². The van der Waals surface area contributed by atoms with Crippen molar-refractivity contribution in [3.05, 3.63) is 65.0 Å². The van der Waals surface area contributed by atoms with Crippen molar-refractivity contribution in [1.29, 1.82) is 0 Å². The van der Waals surface area contributed by atoms with Crippen LogP contribution in [-0.4, -0.2) is 37.7 Å². The molecule has 0 heterocycles. The van der Waals surface area contributed by atoms with E-state index in [0.717, 1.165) is 25.2 Å². The van der Waals surface area contributed by atoms with E-state index in [4.69, 9.17) is 5.11 Å². The summed E-state index contributed by atoms with van der Waals surface area (Å²) in [5.41, 5.74) is 3.65. The lowest BCUT2D eigenvalue weighted by Crippen LogP contribution is -2.41. The normalized spacial score (nSPS) is 11.4. The number of aryl methyl sites for hydroxylation is 1. The molecule has 0 saturated carbocycles. The molecule has 0 aromatic heterocycles. The van der Waals surface area contributed by atoms with Gasteiger partial charge in [-0.05, 0) is 49.2 Å². The fourth-order valence-corrected chi connectivity index (χ4v) is 2.87. The van der Waals surface area contributed by atoms with Crippen molar-refractivity contribution < 1.29 is 9.50 Å². The second kappa shape index (κ2) is 10.5. The largest absolute Gasteiger partial charge is 0.392 e. The first-order valence-electron chi connectivity index (χ1n) is 9.21. The van der Waals surface area contributed by atoms with E-state index in [1.165, 1.54) is 17.3 Å². The molecule has 0 amide bonds. The molecule has 0 atom stereocenters. The number of rotatable bonds is 8. The summed E-state index contributed by atoms with van der Waals surface area (Å²) in [4.78, 5) is 6.53. The molecule has 0 radical (unpaired) electrons. The highest BCUT2D eigenvalue weighted by molar-refractivity contribution is 5.79. The minimum absolute atomic E-state index is 0.300. The number of aliphatic hydroxyl groups excluding tert-OH is 1. The summed E-state index contributed by atoms with van der Waals surface area (Å²) >= 11 is 0. The lowest BCUT2D eigenvalue weighted by molar-refractivity contribution is 0.275. The van der Waals surface area contributed by atoms with Crippen LogP contribution in [0.3, 0.4) is 0 Å². The van der Waals surface area contributed by atoms with Gasteiger partial charge in [-0.3, -0.25) is 4.99 Å². The van der Waals surface area contributed by atoms with Gasteiger partial charge in [0.1, 0.15) is 5.82 Å². The molecule has 0 spiro atoms. The standard InChI is InChI=1S/C21H29FN4O/c1-4-26(19-7-5-6-16(2)12-19)11-10-24-21(23-3)25-14-17-8-9-20(22)18(13-17)15-27/h5-9,12-13,27H,4,10-11,14-15H2,1-3H3,(H2,23,24,25). The van der Waals surface area contributed by atoms with E-state index in [2.05, 4.69) is 58.6 Å². The highest BCUT2D eigenvalue weighted by Gasteiger charge is 2.06. The minimum Gasteiger partial charge on any atom is -0.392 e. The third-order valence-corrected chi connectivity index (χ3v) is 4.39. The molecule has 27 heavy (non-hydrogen) atoms. The minimum atomic E-state index is -0.389. The second-order valence-corrected chi connectivity index (χ2v) is 6.36. The molecule has 5 nitrogen and oxygen atoms in total. The van der Waals surface area contributed by atoms with Crippen molar-refractivity contribution in [3.63, 3.8) is 0 Å². The predicted octanol–water partition coefficient (Wildman–Crippen LogP) is 2.82. The van der Waals surface area contributed by atoms with Gasteiger partial charge < -0.3 is 20.6 Å². The van der Waals surface area contributed by atoms with Crippen molar-refractivity contribution >= 4 is 11.6 Å². The zero-order valence-corrected chi connectivity index (χ0v) is 16.3. The summed E-state index contributed by atoms with van der Waals surface area (Å²) in [6.07, 6.45) is 0. The van der Waals surface area contributed by atoms with Gasteiger partial charge in [0, 0.05) is 44.5 Å². The average molecular weight is 372 g/mol. The maximum atomic E-state index is 13.5. The number of likely N-dealkylation sites (N-methyl/N-ethyl adjacent to an activating group) is 1. The summed E-state index contributed by atoms with van der Waals surface area (Å²) in [5, 5.41) is 15.7. The van der Waals surface area contributed by atoms with Crippen molar-refractivity contribution in [2.24, 2.45) is 4.99 Å². The summed E-state index contributed by atoms with van der Waals surface area (Å²) in [6, 6.07) is 13.2. The predicted molar refractivity (Wildman–Crippen MR) is 110 cm³/mol. The summed E-state index contributed by atoms with van der Waals surface area (Å²) in [7, 11) is 1.72. The lowest BCUT2D eigenvalue weighted by atomic mass is 10.1. The molecule has 2 aromatic carbocycles. The van der Waals surface area contributed by atoms with Crippen LogP contribution in [0.2, 0.25) is 0 Å². The Hall–Kier alpha value is -2.60.